The van der Waals surface area contributed by atoms with Gasteiger partial charge in [-0.25, -0.2) is 0 Å². The smallest absolute Gasteiger partial charge is 0.187 e. The summed E-state index contributed by atoms with van der Waals surface area (Å²) in [7, 11) is 0. The summed E-state index contributed by atoms with van der Waals surface area (Å²) in [6.07, 6.45) is 2.49. The van der Waals surface area contributed by atoms with Gasteiger partial charge in [-0.1, -0.05) is 11.6 Å². The summed E-state index contributed by atoms with van der Waals surface area (Å²) in [5.41, 5.74) is 0. The van der Waals surface area contributed by atoms with E-state index in [0.29, 0.717) is 5.15 Å². The lowest BCUT2D eigenvalue weighted by Gasteiger charge is -2.12. The van der Waals surface area contributed by atoms with E-state index in [4.69, 9.17) is 11.6 Å². The number of nitrogens with zero attached hydrogens (tertiary/aromatic N) is 3. The molecule has 3 rings (SSSR count). The second-order valence-electron chi connectivity index (χ2n) is 4.07. The minimum atomic E-state index is 0.553. The molecule has 0 unspecified atom stereocenters. The number of halogens is 1. The van der Waals surface area contributed by atoms with E-state index in [-0.39, 0.29) is 0 Å². The van der Waals surface area contributed by atoms with E-state index in [0.717, 1.165) is 45.1 Å². The van der Waals surface area contributed by atoms with Gasteiger partial charge in [0, 0.05) is 39.3 Å². The third-order valence-electron chi connectivity index (χ3n) is 2.80. The van der Waals surface area contributed by atoms with E-state index in [1.807, 2.05) is 0 Å². The van der Waals surface area contributed by atoms with E-state index >= 15 is 0 Å². The van der Waals surface area contributed by atoms with E-state index in [1.54, 1.807) is 0 Å². The van der Waals surface area contributed by atoms with Crippen molar-refractivity contribution in [1.29, 1.82) is 0 Å². The molecule has 0 saturated carbocycles. The number of hydrogen-bond acceptors (Lipinski definition) is 6. The highest BCUT2D eigenvalue weighted by molar-refractivity contribution is 6.99. The Labute approximate surface area is 111 Å². The largest absolute Gasteiger partial charge is 0.353 e. The van der Waals surface area contributed by atoms with Crippen molar-refractivity contribution >= 4 is 29.1 Å². The molecule has 7 heteroatoms. The van der Waals surface area contributed by atoms with Crippen molar-refractivity contribution < 1.29 is 0 Å². The van der Waals surface area contributed by atoms with Gasteiger partial charge in [0.1, 0.15) is 0 Å². The Morgan fingerprint density at radius 2 is 1.59 bits per heavy atom. The minimum Gasteiger partial charge on any atom is -0.353 e. The number of piperazine rings is 1. The molecule has 0 aromatic carbocycles. The van der Waals surface area contributed by atoms with Crippen LogP contribution >= 0.6 is 23.3 Å². The van der Waals surface area contributed by atoms with Crippen LogP contribution in [0.25, 0.3) is 0 Å². The normalized spacial score (nSPS) is 19.9. The zero-order valence-electron chi connectivity index (χ0n) is 9.78. The number of nitrogens with one attached hydrogen (secondary N) is 2. The first kappa shape index (κ1) is 13.0. The molecule has 96 valence electrons. The molecular weight excluding hydrogens is 258 g/mol. The Balaban J connectivity index is 0.000000153. The van der Waals surface area contributed by atoms with Crippen LogP contribution in [0, 0.1) is 0 Å². The standard InChI is InChI=1S/C6H8ClN3S.C4H10N2/c7-5-6(9-11-8-5)10-3-1-2-4-10;1-2-6-4-3-5-1/h1-4H2;5-6H,1-4H2. The second kappa shape index (κ2) is 7.10. The molecule has 0 spiro atoms. The van der Waals surface area contributed by atoms with Crippen LogP contribution in [0.1, 0.15) is 12.8 Å². The third kappa shape index (κ3) is 4.06. The Kier molecular flexibility index (Phi) is 5.44. The van der Waals surface area contributed by atoms with E-state index in [1.165, 1.54) is 24.6 Å². The average molecular weight is 276 g/mol. The fraction of sp³-hybridized carbons (Fsp3) is 0.800. The lowest BCUT2D eigenvalue weighted by molar-refractivity contribution is 0.534. The third-order valence-corrected chi connectivity index (χ3v) is 3.67. The van der Waals surface area contributed by atoms with Gasteiger partial charge in [-0.2, -0.15) is 8.75 Å². The van der Waals surface area contributed by atoms with Gasteiger partial charge in [-0.15, -0.1) is 0 Å². The summed E-state index contributed by atoms with van der Waals surface area (Å²) >= 11 is 6.99. The molecule has 0 aliphatic carbocycles. The van der Waals surface area contributed by atoms with Crippen LogP contribution in [0.15, 0.2) is 0 Å². The molecule has 2 N–H and O–H groups in total. The number of rotatable bonds is 1. The lowest BCUT2D eigenvalue weighted by Crippen LogP contribution is -2.39. The SMILES string of the molecule is C1CNCCN1.Clc1nsnc1N1CCCC1. The van der Waals surface area contributed by atoms with Gasteiger partial charge in [0.15, 0.2) is 11.0 Å². The van der Waals surface area contributed by atoms with Crippen LogP contribution in [-0.2, 0) is 0 Å². The highest BCUT2D eigenvalue weighted by Gasteiger charge is 2.17. The zero-order chi connectivity index (χ0) is 11.9. The Bertz CT molecular complexity index is 311. The summed E-state index contributed by atoms with van der Waals surface area (Å²) in [5, 5.41) is 7.00. The minimum absolute atomic E-state index is 0.553. The van der Waals surface area contributed by atoms with Crippen molar-refractivity contribution in [2.45, 2.75) is 12.8 Å². The summed E-state index contributed by atoms with van der Waals surface area (Å²) in [6, 6.07) is 0. The van der Waals surface area contributed by atoms with Gasteiger partial charge < -0.3 is 15.5 Å². The van der Waals surface area contributed by atoms with E-state index in [2.05, 4.69) is 24.3 Å². The molecule has 1 aromatic rings. The molecule has 1 aromatic heterocycles. The van der Waals surface area contributed by atoms with Gasteiger partial charge in [0.2, 0.25) is 0 Å². The zero-order valence-corrected chi connectivity index (χ0v) is 11.4. The molecule has 17 heavy (non-hydrogen) atoms. The highest BCUT2D eigenvalue weighted by atomic mass is 35.5. The van der Waals surface area contributed by atoms with Crippen LogP contribution in [0.5, 0.6) is 0 Å². The second-order valence-corrected chi connectivity index (χ2v) is 4.96. The average Bonchev–Trinajstić information content (AvgIpc) is 3.02. The van der Waals surface area contributed by atoms with Gasteiger partial charge >= 0.3 is 0 Å². The highest BCUT2D eigenvalue weighted by Crippen LogP contribution is 2.25. The molecular formula is C10H18ClN5S. The maximum Gasteiger partial charge on any atom is 0.187 e. The van der Waals surface area contributed by atoms with Crippen LogP contribution in [0.3, 0.4) is 0 Å². The summed E-state index contributed by atoms with van der Waals surface area (Å²) < 4.78 is 8.04. The van der Waals surface area contributed by atoms with E-state index in [9.17, 15) is 0 Å². The van der Waals surface area contributed by atoms with Crippen molar-refractivity contribution in [2.75, 3.05) is 44.2 Å². The monoisotopic (exact) mass is 275 g/mol. The van der Waals surface area contributed by atoms with Crippen LogP contribution in [-0.4, -0.2) is 48.0 Å². The number of anilines is 1. The first-order valence-corrected chi connectivity index (χ1v) is 7.13. The number of hydrogen-bond donors (Lipinski definition) is 2. The first-order valence-electron chi connectivity index (χ1n) is 6.02. The predicted octanol–water partition coefficient (Wildman–Crippen LogP) is 0.971. The summed E-state index contributed by atoms with van der Waals surface area (Å²) in [4.78, 5) is 2.19. The molecule has 0 atom stereocenters. The molecule has 0 amide bonds. The van der Waals surface area contributed by atoms with Crippen LogP contribution < -0.4 is 15.5 Å². The quantitative estimate of drug-likeness (QED) is 0.800. The maximum atomic E-state index is 5.81. The Hall–Kier alpha value is -0.430. The predicted molar refractivity (Wildman–Crippen MR) is 72.1 cm³/mol. The van der Waals surface area contributed by atoms with Crippen molar-refractivity contribution in [3.63, 3.8) is 0 Å². The Morgan fingerprint density at radius 3 is 2.00 bits per heavy atom. The molecule has 0 radical (unpaired) electrons. The van der Waals surface area contributed by atoms with Crippen molar-refractivity contribution in [3.8, 4) is 0 Å². The molecule has 2 aliphatic heterocycles. The summed E-state index contributed by atoms with van der Waals surface area (Å²) in [5.74, 6) is 0.870. The van der Waals surface area contributed by atoms with Crippen LogP contribution in [0.4, 0.5) is 5.82 Å². The van der Waals surface area contributed by atoms with Gasteiger partial charge in [0.05, 0.1) is 11.7 Å². The van der Waals surface area contributed by atoms with Crippen LogP contribution in [0.2, 0.25) is 5.15 Å². The van der Waals surface area contributed by atoms with Crippen molar-refractivity contribution in [2.24, 2.45) is 0 Å². The van der Waals surface area contributed by atoms with E-state index < -0.39 is 0 Å². The van der Waals surface area contributed by atoms with Gasteiger partial charge in [-0.3, -0.25) is 0 Å². The van der Waals surface area contributed by atoms with Gasteiger partial charge in [-0.05, 0) is 12.8 Å². The maximum absolute atomic E-state index is 5.81. The Morgan fingerprint density at radius 1 is 1.00 bits per heavy atom. The van der Waals surface area contributed by atoms with Crippen molar-refractivity contribution in [1.82, 2.24) is 19.4 Å². The van der Waals surface area contributed by atoms with Crippen molar-refractivity contribution in [3.05, 3.63) is 5.15 Å². The van der Waals surface area contributed by atoms with Gasteiger partial charge in [0.25, 0.3) is 0 Å². The molecule has 2 saturated heterocycles. The lowest BCUT2D eigenvalue weighted by atomic mass is 10.4. The number of aromatic nitrogens is 2. The molecule has 2 aliphatic rings. The first-order chi connectivity index (χ1) is 8.38. The molecule has 2 fully saturated rings. The summed E-state index contributed by atoms with van der Waals surface area (Å²) in [6.45, 7) is 6.70. The molecule has 3 heterocycles. The molecule has 0 bridgehead atoms. The molecule has 5 nitrogen and oxygen atoms in total. The topological polar surface area (TPSA) is 53.1 Å². The fourth-order valence-corrected chi connectivity index (χ4v) is 2.67. The fourth-order valence-electron chi connectivity index (χ4n) is 1.89.